The van der Waals surface area contributed by atoms with Gasteiger partial charge < -0.3 is 9.84 Å². The first-order chi connectivity index (χ1) is 8.70. The predicted molar refractivity (Wildman–Crippen MR) is 57.5 cm³/mol. The fourth-order valence-electron chi connectivity index (χ4n) is 1.21. The van der Waals surface area contributed by atoms with E-state index in [4.69, 9.17) is 4.74 Å². The van der Waals surface area contributed by atoms with E-state index in [9.17, 15) is 23.1 Å². The van der Waals surface area contributed by atoms with Gasteiger partial charge in [0.15, 0.2) is 5.69 Å². The van der Waals surface area contributed by atoms with Crippen molar-refractivity contribution < 1.29 is 27.8 Å². The first kappa shape index (κ1) is 15.6. The second kappa shape index (κ2) is 6.11. The Bertz CT molecular complexity index is 431. The maximum Gasteiger partial charge on any atom is 0.456 e. The van der Waals surface area contributed by atoms with Crippen LogP contribution in [0.2, 0.25) is 0 Å². The van der Waals surface area contributed by atoms with E-state index in [1.807, 2.05) is 0 Å². The van der Waals surface area contributed by atoms with Crippen molar-refractivity contribution in [3.05, 3.63) is 11.9 Å². The molecule has 9 heteroatoms. The van der Waals surface area contributed by atoms with E-state index >= 15 is 0 Å². The SMILES string of the molecule is CC(C)OCC(O)Cn1cc(C(=O)C(F)(F)F)nn1. The van der Waals surface area contributed by atoms with Gasteiger partial charge in [0.25, 0.3) is 5.78 Å². The molecule has 1 atom stereocenters. The lowest BCUT2D eigenvalue weighted by molar-refractivity contribution is -0.0888. The van der Waals surface area contributed by atoms with E-state index in [1.54, 1.807) is 13.8 Å². The van der Waals surface area contributed by atoms with Crippen molar-refractivity contribution in [1.82, 2.24) is 15.0 Å². The minimum absolute atomic E-state index is 0.0140. The molecule has 0 fully saturated rings. The summed E-state index contributed by atoms with van der Waals surface area (Å²) in [7, 11) is 0. The molecule has 1 aromatic rings. The zero-order chi connectivity index (χ0) is 14.6. The summed E-state index contributed by atoms with van der Waals surface area (Å²) in [4.78, 5) is 10.9. The molecule has 0 saturated carbocycles. The number of aliphatic hydroxyl groups excluding tert-OH is 1. The van der Waals surface area contributed by atoms with Gasteiger partial charge in [-0.15, -0.1) is 5.10 Å². The van der Waals surface area contributed by atoms with Crippen molar-refractivity contribution >= 4 is 5.78 Å². The maximum absolute atomic E-state index is 12.1. The van der Waals surface area contributed by atoms with Gasteiger partial charge in [-0.3, -0.25) is 4.79 Å². The highest BCUT2D eigenvalue weighted by molar-refractivity contribution is 5.98. The number of carbonyl (C=O) groups is 1. The summed E-state index contributed by atoms with van der Waals surface area (Å²) >= 11 is 0. The Balaban J connectivity index is 2.58. The number of hydrogen-bond donors (Lipinski definition) is 1. The van der Waals surface area contributed by atoms with Crippen LogP contribution in [0.15, 0.2) is 6.20 Å². The first-order valence-electron chi connectivity index (χ1n) is 5.51. The predicted octanol–water partition coefficient (Wildman–Crippen LogP) is 0.809. The molecule has 0 aliphatic heterocycles. The highest BCUT2D eigenvalue weighted by Crippen LogP contribution is 2.19. The average Bonchev–Trinajstić information content (AvgIpc) is 2.72. The number of aliphatic hydroxyl groups is 1. The molecule has 0 radical (unpaired) electrons. The molecule has 0 spiro atoms. The van der Waals surface area contributed by atoms with Crippen LogP contribution < -0.4 is 0 Å². The lowest BCUT2D eigenvalue weighted by atomic mass is 10.3. The highest BCUT2D eigenvalue weighted by Gasteiger charge is 2.41. The second-order valence-corrected chi connectivity index (χ2v) is 4.19. The lowest BCUT2D eigenvalue weighted by Gasteiger charge is -2.12. The van der Waals surface area contributed by atoms with Gasteiger partial charge in [0, 0.05) is 0 Å². The minimum atomic E-state index is -4.99. The van der Waals surface area contributed by atoms with Crippen molar-refractivity contribution in [3.63, 3.8) is 0 Å². The Morgan fingerprint density at radius 2 is 2.16 bits per heavy atom. The summed E-state index contributed by atoms with van der Waals surface area (Å²) in [6, 6.07) is 0. The van der Waals surface area contributed by atoms with Crippen LogP contribution in [0.25, 0.3) is 0 Å². The number of ketones is 1. The van der Waals surface area contributed by atoms with Gasteiger partial charge in [-0.1, -0.05) is 5.21 Å². The number of carbonyl (C=O) groups excluding carboxylic acids is 1. The Labute approximate surface area is 107 Å². The molecule has 0 aliphatic carbocycles. The van der Waals surface area contributed by atoms with Crippen LogP contribution >= 0.6 is 0 Å². The number of Topliss-reactive ketones (excluding diaryl/α,β-unsaturated/α-hetero) is 1. The smallest absolute Gasteiger partial charge is 0.389 e. The van der Waals surface area contributed by atoms with E-state index < -0.39 is 23.8 Å². The Hall–Kier alpha value is -1.48. The minimum Gasteiger partial charge on any atom is -0.389 e. The van der Waals surface area contributed by atoms with E-state index in [-0.39, 0.29) is 19.3 Å². The molecule has 0 saturated heterocycles. The molecule has 0 aromatic carbocycles. The van der Waals surface area contributed by atoms with Crippen LogP contribution in [0.4, 0.5) is 13.2 Å². The van der Waals surface area contributed by atoms with Gasteiger partial charge in [-0.2, -0.15) is 13.2 Å². The van der Waals surface area contributed by atoms with Crippen LogP contribution in [-0.4, -0.2) is 50.9 Å². The highest BCUT2D eigenvalue weighted by atomic mass is 19.4. The summed E-state index contributed by atoms with van der Waals surface area (Å²) in [5.41, 5.74) is -0.801. The first-order valence-corrected chi connectivity index (χ1v) is 5.51. The summed E-state index contributed by atoms with van der Waals surface area (Å²) < 4.78 is 42.5. The van der Waals surface area contributed by atoms with Gasteiger partial charge >= 0.3 is 6.18 Å². The standard InChI is InChI=1S/C10H14F3N3O3/c1-6(2)19-5-7(17)3-16-4-8(14-15-16)9(18)10(11,12)13/h4,6-7,17H,3,5H2,1-2H3. The largest absolute Gasteiger partial charge is 0.456 e. The second-order valence-electron chi connectivity index (χ2n) is 4.19. The fraction of sp³-hybridized carbons (Fsp3) is 0.700. The topological polar surface area (TPSA) is 77.2 Å². The van der Waals surface area contributed by atoms with Crippen LogP contribution in [0.1, 0.15) is 24.3 Å². The molecular formula is C10H14F3N3O3. The Morgan fingerprint density at radius 1 is 1.53 bits per heavy atom. The number of hydrogen-bond acceptors (Lipinski definition) is 5. The number of rotatable bonds is 6. The normalized spacial score (nSPS) is 13.8. The van der Waals surface area contributed by atoms with E-state index in [0.29, 0.717) is 0 Å². The van der Waals surface area contributed by atoms with Crippen molar-refractivity contribution in [1.29, 1.82) is 0 Å². The van der Waals surface area contributed by atoms with Gasteiger partial charge in [0.05, 0.1) is 31.6 Å². The van der Waals surface area contributed by atoms with Crippen molar-refractivity contribution in [2.75, 3.05) is 6.61 Å². The molecule has 1 rings (SSSR count). The number of ether oxygens (including phenoxy) is 1. The molecule has 108 valence electrons. The number of aromatic nitrogens is 3. The lowest BCUT2D eigenvalue weighted by Crippen LogP contribution is -2.24. The fourth-order valence-corrected chi connectivity index (χ4v) is 1.21. The summed E-state index contributed by atoms with van der Waals surface area (Å²) in [6.45, 7) is 3.47. The van der Waals surface area contributed by atoms with Crippen molar-refractivity contribution in [3.8, 4) is 0 Å². The third-order valence-corrected chi connectivity index (χ3v) is 2.05. The number of alkyl halides is 3. The monoisotopic (exact) mass is 281 g/mol. The molecule has 0 amide bonds. The van der Waals surface area contributed by atoms with Crippen LogP contribution in [0.3, 0.4) is 0 Å². The summed E-state index contributed by atoms with van der Waals surface area (Å²) in [5.74, 6) is -2.06. The molecule has 1 unspecified atom stereocenters. The van der Waals surface area contributed by atoms with Crippen LogP contribution in [0, 0.1) is 0 Å². The molecule has 0 aliphatic rings. The molecule has 0 bridgehead atoms. The molecule has 1 N–H and O–H groups in total. The zero-order valence-electron chi connectivity index (χ0n) is 10.4. The number of halogens is 3. The maximum atomic E-state index is 12.1. The van der Waals surface area contributed by atoms with E-state index in [1.165, 1.54) is 0 Å². The Morgan fingerprint density at radius 3 is 2.68 bits per heavy atom. The average molecular weight is 281 g/mol. The molecule has 19 heavy (non-hydrogen) atoms. The summed E-state index contributed by atoms with van der Waals surface area (Å²) in [6.07, 6.45) is -5.17. The third-order valence-electron chi connectivity index (χ3n) is 2.05. The van der Waals surface area contributed by atoms with Gasteiger partial charge in [-0.05, 0) is 13.8 Å². The van der Waals surface area contributed by atoms with Gasteiger partial charge in [0.2, 0.25) is 0 Å². The quantitative estimate of drug-likeness (QED) is 0.781. The van der Waals surface area contributed by atoms with Gasteiger partial charge in [-0.25, -0.2) is 4.68 Å². The van der Waals surface area contributed by atoms with Gasteiger partial charge in [0.1, 0.15) is 0 Å². The van der Waals surface area contributed by atoms with Crippen molar-refractivity contribution in [2.24, 2.45) is 0 Å². The van der Waals surface area contributed by atoms with E-state index in [2.05, 4.69) is 10.3 Å². The zero-order valence-corrected chi connectivity index (χ0v) is 10.4. The van der Waals surface area contributed by atoms with Crippen molar-refractivity contribution in [2.45, 2.75) is 38.8 Å². The van der Waals surface area contributed by atoms with Crippen LogP contribution in [-0.2, 0) is 11.3 Å². The Kier molecular flexibility index (Phi) is 5.01. The molecular weight excluding hydrogens is 267 g/mol. The van der Waals surface area contributed by atoms with Crippen LogP contribution in [0.5, 0.6) is 0 Å². The molecule has 1 heterocycles. The molecule has 6 nitrogen and oxygen atoms in total. The van der Waals surface area contributed by atoms with E-state index in [0.717, 1.165) is 10.9 Å². The molecule has 1 aromatic heterocycles. The number of nitrogens with zero attached hydrogens (tertiary/aromatic N) is 3. The summed E-state index contributed by atoms with van der Waals surface area (Å²) in [5, 5.41) is 16.0. The third kappa shape index (κ3) is 4.95.